The third-order valence-electron chi connectivity index (χ3n) is 5.10. The minimum Gasteiger partial charge on any atom is -0.486 e. The van der Waals surface area contributed by atoms with Crippen molar-refractivity contribution in [2.45, 2.75) is 19.4 Å². The van der Waals surface area contributed by atoms with E-state index in [0.717, 1.165) is 16.8 Å². The van der Waals surface area contributed by atoms with Crippen molar-refractivity contribution in [2.75, 3.05) is 18.5 Å². The van der Waals surface area contributed by atoms with Crippen molar-refractivity contribution in [3.05, 3.63) is 59.5 Å². The van der Waals surface area contributed by atoms with E-state index in [0.29, 0.717) is 48.5 Å². The summed E-state index contributed by atoms with van der Waals surface area (Å²) >= 11 is 1.33. The van der Waals surface area contributed by atoms with Gasteiger partial charge in [-0.25, -0.2) is 9.99 Å². The van der Waals surface area contributed by atoms with Gasteiger partial charge in [-0.3, -0.25) is 14.9 Å². The number of fused-ring (bicyclic) bond motifs is 1. The van der Waals surface area contributed by atoms with Gasteiger partial charge in [-0.2, -0.15) is 5.10 Å². The predicted octanol–water partition coefficient (Wildman–Crippen LogP) is 3.70. The standard InChI is InChI=1S/C23H20N4O4S/c28-21-9-7-17(26-27(21)13-15-4-2-1-3-5-15)22(29)25-23-24-18(14-32-23)16-6-8-19-20(12-16)31-11-10-30-19/h1-6,8,12,14H,7,9-11,13H2,(H,24,25,29). The first-order valence-electron chi connectivity index (χ1n) is 10.2. The van der Waals surface area contributed by atoms with Crippen LogP contribution in [0.2, 0.25) is 0 Å². The number of benzene rings is 2. The summed E-state index contributed by atoms with van der Waals surface area (Å²) in [7, 11) is 0. The van der Waals surface area contributed by atoms with Crippen LogP contribution in [0.25, 0.3) is 11.3 Å². The van der Waals surface area contributed by atoms with Gasteiger partial charge in [-0.05, 0) is 23.8 Å². The van der Waals surface area contributed by atoms with Crippen LogP contribution in [-0.4, -0.2) is 40.7 Å². The zero-order valence-corrected chi connectivity index (χ0v) is 17.9. The highest BCUT2D eigenvalue weighted by Gasteiger charge is 2.25. The highest BCUT2D eigenvalue weighted by molar-refractivity contribution is 7.14. The fraction of sp³-hybridized carbons (Fsp3) is 0.217. The number of rotatable bonds is 5. The summed E-state index contributed by atoms with van der Waals surface area (Å²) in [5.74, 6) is 0.958. The highest BCUT2D eigenvalue weighted by Crippen LogP contribution is 2.35. The molecule has 0 aliphatic carbocycles. The van der Waals surface area contributed by atoms with Gasteiger partial charge >= 0.3 is 0 Å². The van der Waals surface area contributed by atoms with Gasteiger partial charge in [0.1, 0.15) is 18.9 Å². The van der Waals surface area contributed by atoms with E-state index >= 15 is 0 Å². The molecule has 8 nitrogen and oxygen atoms in total. The number of nitrogens with zero attached hydrogens (tertiary/aromatic N) is 3. The molecule has 0 spiro atoms. The lowest BCUT2D eigenvalue weighted by Gasteiger charge is -2.23. The Morgan fingerprint density at radius 2 is 1.88 bits per heavy atom. The second-order valence-electron chi connectivity index (χ2n) is 7.33. The number of hydrogen-bond acceptors (Lipinski definition) is 7. The topological polar surface area (TPSA) is 93.1 Å². The van der Waals surface area contributed by atoms with E-state index in [4.69, 9.17) is 9.47 Å². The average molecular weight is 449 g/mol. The Bertz CT molecular complexity index is 1190. The molecule has 2 aromatic carbocycles. The maximum absolute atomic E-state index is 12.8. The van der Waals surface area contributed by atoms with Gasteiger partial charge in [-0.15, -0.1) is 11.3 Å². The van der Waals surface area contributed by atoms with Crippen molar-refractivity contribution in [3.63, 3.8) is 0 Å². The summed E-state index contributed by atoms with van der Waals surface area (Å²) < 4.78 is 11.2. The van der Waals surface area contributed by atoms with Crippen LogP contribution < -0.4 is 14.8 Å². The Morgan fingerprint density at radius 1 is 1.06 bits per heavy atom. The summed E-state index contributed by atoms with van der Waals surface area (Å²) in [5, 5.41) is 10.8. The summed E-state index contributed by atoms with van der Waals surface area (Å²) in [6.45, 7) is 1.39. The lowest BCUT2D eigenvalue weighted by atomic mass is 10.1. The van der Waals surface area contributed by atoms with Crippen LogP contribution in [0.4, 0.5) is 5.13 Å². The molecule has 0 bridgehead atoms. The number of thiazole rings is 1. The molecule has 0 saturated heterocycles. The first-order valence-corrected chi connectivity index (χ1v) is 11.1. The smallest absolute Gasteiger partial charge is 0.273 e. The zero-order chi connectivity index (χ0) is 21.9. The monoisotopic (exact) mass is 448 g/mol. The van der Waals surface area contributed by atoms with Gasteiger partial charge in [0.15, 0.2) is 16.6 Å². The van der Waals surface area contributed by atoms with Gasteiger partial charge in [0.2, 0.25) is 5.91 Å². The molecule has 0 fully saturated rings. The molecule has 2 aliphatic rings. The second-order valence-corrected chi connectivity index (χ2v) is 8.19. The van der Waals surface area contributed by atoms with E-state index in [1.807, 2.05) is 53.9 Å². The molecule has 0 atom stereocenters. The molecule has 32 heavy (non-hydrogen) atoms. The number of ether oxygens (including phenoxy) is 2. The van der Waals surface area contributed by atoms with Gasteiger partial charge in [-0.1, -0.05) is 30.3 Å². The van der Waals surface area contributed by atoms with Crippen LogP contribution in [0, 0.1) is 0 Å². The van der Waals surface area contributed by atoms with E-state index in [1.165, 1.54) is 16.3 Å². The highest BCUT2D eigenvalue weighted by atomic mass is 32.1. The molecule has 0 unspecified atom stereocenters. The molecule has 0 radical (unpaired) electrons. The van der Waals surface area contributed by atoms with Crippen LogP contribution in [0.1, 0.15) is 18.4 Å². The molecule has 162 valence electrons. The minimum absolute atomic E-state index is 0.0967. The van der Waals surface area contributed by atoms with E-state index in [1.54, 1.807) is 0 Å². The number of hydrogen-bond donors (Lipinski definition) is 1. The van der Waals surface area contributed by atoms with Crippen molar-refractivity contribution in [2.24, 2.45) is 5.10 Å². The van der Waals surface area contributed by atoms with Crippen molar-refractivity contribution in [1.82, 2.24) is 9.99 Å². The van der Waals surface area contributed by atoms with E-state index in [2.05, 4.69) is 15.4 Å². The largest absolute Gasteiger partial charge is 0.486 e. The number of carbonyl (C=O) groups excluding carboxylic acids is 2. The van der Waals surface area contributed by atoms with Crippen LogP contribution in [0.15, 0.2) is 59.0 Å². The van der Waals surface area contributed by atoms with Crippen molar-refractivity contribution < 1.29 is 19.1 Å². The molecule has 1 N–H and O–H groups in total. The predicted molar refractivity (Wildman–Crippen MR) is 121 cm³/mol. The first kappa shape index (κ1) is 20.2. The molecule has 2 amide bonds. The molecule has 5 rings (SSSR count). The summed E-state index contributed by atoms with van der Waals surface area (Å²) in [6.07, 6.45) is 0.551. The molecule has 3 heterocycles. The first-order chi connectivity index (χ1) is 15.7. The maximum atomic E-state index is 12.8. The third-order valence-corrected chi connectivity index (χ3v) is 5.86. The molecular weight excluding hydrogens is 428 g/mol. The van der Waals surface area contributed by atoms with Crippen LogP contribution >= 0.6 is 11.3 Å². The molecule has 9 heteroatoms. The Hall–Kier alpha value is -3.72. The number of anilines is 1. The van der Waals surface area contributed by atoms with Gasteiger partial charge in [0.25, 0.3) is 5.91 Å². The average Bonchev–Trinajstić information content (AvgIpc) is 3.29. The summed E-state index contributed by atoms with van der Waals surface area (Å²) in [5.41, 5.74) is 2.88. The van der Waals surface area contributed by atoms with Crippen molar-refractivity contribution >= 4 is 34.0 Å². The zero-order valence-electron chi connectivity index (χ0n) is 17.1. The van der Waals surface area contributed by atoms with E-state index in [9.17, 15) is 9.59 Å². The van der Waals surface area contributed by atoms with Gasteiger partial charge < -0.3 is 9.47 Å². The maximum Gasteiger partial charge on any atom is 0.273 e. The molecule has 3 aromatic rings. The number of aromatic nitrogens is 1. The number of hydrazone groups is 1. The fourth-order valence-electron chi connectivity index (χ4n) is 3.48. The quantitative estimate of drug-likeness (QED) is 0.643. The molecular formula is C23H20N4O4S. The SMILES string of the molecule is O=C(Nc1nc(-c2ccc3c(c2)OCCO3)cs1)C1=NN(Cc2ccccc2)C(=O)CC1. The lowest BCUT2D eigenvalue weighted by Crippen LogP contribution is -2.36. The van der Waals surface area contributed by atoms with Crippen molar-refractivity contribution in [1.29, 1.82) is 0 Å². The Kier molecular flexibility index (Phi) is 5.55. The van der Waals surface area contributed by atoms with Crippen LogP contribution in [-0.2, 0) is 16.1 Å². The Morgan fingerprint density at radius 3 is 2.72 bits per heavy atom. The summed E-state index contributed by atoms with van der Waals surface area (Å²) in [6, 6.07) is 15.2. The third kappa shape index (κ3) is 4.33. The number of amides is 2. The number of carbonyl (C=O) groups is 2. The summed E-state index contributed by atoms with van der Waals surface area (Å²) in [4.78, 5) is 29.5. The minimum atomic E-state index is -0.348. The second kappa shape index (κ2) is 8.80. The Balaban J connectivity index is 1.28. The number of nitrogens with one attached hydrogen (secondary N) is 1. The molecule has 2 aliphatic heterocycles. The van der Waals surface area contributed by atoms with Gasteiger partial charge in [0, 0.05) is 23.8 Å². The normalized spacial score (nSPS) is 15.3. The van der Waals surface area contributed by atoms with E-state index < -0.39 is 0 Å². The molecule has 1 aromatic heterocycles. The van der Waals surface area contributed by atoms with Crippen LogP contribution in [0.3, 0.4) is 0 Å². The Labute approximate surface area is 188 Å². The van der Waals surface area contributed by atoms with Gasteiger partial charge in [0.05, 0.1) is 12.2 Å². The molecule has 0 saturated carbocycles. The van der Waals surface area contributed by atoms with E-state index in [-0.39, 0.29) is 18.2 Å². The van der Waals surface area contributed by atoms with Crippen molar-refractivity contribution in [3.8, 4) is 22.8 Å². The lowest BCUT2D eigenvalue weighted by molar-refractivity contribution is -0.132. The van der Waals surface area contributed by atoms with Crippen LogP contribution in [0.5, 0.6) is 11.5 Å². The fourth-order valence-corrected chi connectivity index (χ4v) is 4.20.